The third-order valence-corrected chi connectivity index (χ3v) is 11.6. The Kier molecular flexibility index (Phi) is 4.83. The van der Waals surface area contributed by atoms with E-state index in [0.717, 1.165) is 10.4 Å². The fourth-order valence-electron chi connectivity index (χ4n) is 9.47. The predicted octanol–water partition coefficient (Wildman–Crippen LogP) is 6.99. The van der Waals surface area contributed by atoms with Gasteiger partial charge in [-0.05, 0) is 98.2 Å². The lowest BCUT2D eigenvalue weighted by molar-refractivity contribution is 0.589. The molecule has 0 unspecified atom stereocenters. The number of hydrogen-bond donors (Lipinski definition) is 0. The van der Waals surface area contributed by atoms with E-state index in [4.69, 9.17) is 0 Å². The van der Waals surface area contributed by atoms with Crippen LogP contribution in [-0.2, 0) is 5.41 Å². The molecule has 49 heavy (non-hydrogen) atoms. The second-order valence-electron chi connectivity index (χ2n) is 15.2. The molecule has 0 N–H and O–H groups in total. The SMILES string of the molecule is C=c1ccc2c3c4n(c(/C=C\C)c(C)n4c2c1=C)-c1cc(C(C)(C)C)cc2c1B3c1c3ccc4ccccc4c3n3c4ccccc4n-2c13. The minimum Gasteiger partial charge on any atom is -0.297 e. The van der Waals surface area contributed by atoms with Crippen LogP contribution in [0.3, 0.4) is 0 Å². The summed E-state index contributed by atoms with van der Waals surface area (Å²) in [6.07, 6.45) is 4.45. The minimum atomic E-state index is -0.0566. The van der Waals surface area contributed by atoms with Gasteiger partial charge in [0, 0.05) is 22.5 Å². The van der Waals surface area contributed by atoms with E-state index in [-0.39, 0.29) is 12.1 Å². The molecule has 0 bridgehead atoms. The van der Waals surface area contributed by atoms with E-state index in [1.54, 1.807) is 0 Å². The van der Waals surface area contributed by atoms with Crippen molar-refractivity contribution >= 4 is 97.2 Å². The van der Waals surface area contributed by atoms with E-state index in [9.17, 15) is 0 Å². The Morgan fingerprint density at radius 1 is 0.673 bits per heavy atom. The van der Waals surface area contributed by atoms with Crippen molar-refractivity contribution in [3.63, 3.8) is 0 Å². The van der Waals surface area contributed by atoms with Gasteiger partial charge < -0.3 is 0 Å². The summed E-state index contributed by atoms with van der Waals surface area (Å²) in [5.41, 5.74) is 17.8. The van der Waals surface area contributed by atoms with Crippen LogP contribution in [0.15, 0.2) is 91.0 Å². The number of benzene rings is 5. The fourth-order valence-corrected chi connectivity index (χ4v) is 9.47. The van der Waals surface area contributed by atoms with Crippen molar-refractivity contribution in [1.29, 1.82) is 0 Å². The maximum absolute atomic E-state index is 4.63. The van der Waals surface area contributed by atoms with Gasteiger partial charge in [-0.2, -0.15) is 0 Å². The molecule has 9 aromatic rings. The van der Waals surface area contributed by atoms with Gasteiger partial charge in [-0.3, -0.25) is 17.9 Å². The van der Waals surface area contributed by atoms with Gasteiger partial charge >= 0.3 is 0 Å². The van der Waals surface area contributed by atoms with Gasteiger partial charge in [-0.15, -0.1) is 0 Å². The molecule has 0 amide bonds. The zero-order valence-corrected chi connectivity index (χ0v) is 28.5. The summed E-state index contributed by atoms with van der Waals surface area (Å²) in [4.78, 5) is 0. The highest BCUT2D eigenvalue weighted by Crippen LogP contribution is 2.41. The lowest BCUT2D eigenvalue weighted by Gasteiger charge is -2.34. The van der Waals surface area contributed by atoms with Gasteiger partial charge in [0.05, 0.1) is 27.8 Å². The van der Waals surface area contributed by atoms with Crippen LogP contribution in [0.25, 0.3) is 85.5 Å². The number of imidazole rings is 2. The molecule has 5 aromatic carbocycles. The summed E-state index contributed by atoms with van der Waals surface area (Å²) < 4.78 is 10.2. The van der Waals surface area contributed by atoms with E-state index in [0.29, 0.717) is 0 Å². The van der Waals surface area contributed by atoms with Crippen molar-refractivity contribution in [2.45, 2.75) is 40.0 Å². The van der Waals surface area contributed by atoms with Gasteiger partial charge in [0.2, 0.25) is 0 Å². The van der Waals surface area contributed by atoms with Gasteiger partial charge in [-0.25, -0.2) is 0 Å². The minimum absolute atomic E-state index is 0.0207. The molecule has 6 heterocycles. The molecule has 0 radical (unpaired) electrons. The molecule has 234 valence electrons. The number of hydrogen-bond acceptors (Lipinski definition) is 0. The molecule has 4 nitrogen and oxygen atoms in total. The van der Waals surface area contributed by atoms with Gasteiger partial charge in [0.25, 0.3) is 6.71 Å². The average molecular weight is 631 g/mol. The average Bonchev–Trinajstić information content (AvgIpc) is 3.80. The Balaban J connectivity index is 1.49. The second-order valence-corrected chi connectivity index (χ2v) is 15.2. The molecule has 0 atom stereocenters. The third kappa shape index (κ3) is 3.01. The van der Waals surface area contributed by atoms with E-state index in [2.05, 4.69) is 163 Å². The molecule has 0 aliphatic carbocycles. The molecule has 4 aromatic heterocycles. The maximum Gasteiger partial charge on any atom is 0.258 e. The molecule has 0 fully saturated rings. The number of rotatable bonds is 1. The Hall–Kier alpha value is -5.68. The summed E-state index contributed by atoms with van der Waals surface area (Å²) in [7, 11) is 0. The number of fused-ring (bicyclic) bond motifs is 15. The van der Waals surface area contributed by atoms with Gasteiger partial charge in [-0.1, -0.05) is 101 Å². The van der Waals surface area contributed by atoms with Crippen LogP contribution in [0.5, 0.6) is 0 Å². The normalized spacial score (nSPS) is 13.9. The molecule has 2 aliphatic heterocycles. The monoisotopic (exact) mass is 630 g/mol. The topological polar surface area (TPSA) is 18.7 Å². The predicted molar refractivity (Wildman–Crippen MR) is 210 cm³/mol. The number of allylic oxidation sites excluding steroid dienone is 1. The fraction of sp³-hybridized carbons (Fsp3) is 0.136. The zero-order valence-electron chi connectivity index (χ0n) is 28.5. The second kappa shape index (κ2) is 8.67. The molecular formula is C44H35BN4. The lowest BCUT2D eigenvalue weighted by atomic mass is 9.34. The molecule has 0 saturated carbocycles. The zero-order chi connectivity index (χ0) is 33.2. The number of aryl methyl sites for hydroxylation is 1. The molecular weight excluding hydrogens is 595 g/mol. The molecule has 5 heteroatoms. The number of aromatic nitrogens is 4. The van der Waals surface area contributed by atoms with E-state index in [1.165, 1.54) is 99.6 Å². The van der Waals surface area contributed by atoms with Crippen LogP contribution >= 0.6 is 0 Å². The molecule has 11 rings (SSSR count). The molecule has 0 saturated heterocycles. The molecule has 2 aliphatic rings. The molecule has 0 spiro atoms. The number of para-hydroxylation sites is 2. The van der Waals surface area contributed by atoms with Crippen molar-refractivity contribution in [3.8, 4) is 11.4 Å². The highest BCUT2D eigenvalue weighted by molar-refractivity contribution is 7.02. The van der Waals surface area contributed by atoms with Crippen molar-refractivity contribution in [1.82, 2.24) is 17.9 Å². The third-order valence-electron chi connectivity index (χ3n) is 11.6. The summed E-state index contributed by atoms with van der Waals surface area (Å²) >= 11 is 0. The van der Waals surface area contributed by atoms with Crippen LogP contribution in [0.4, 0.5) is 0 Å². The van der Waals surface area contributed by atoms with Crippen molar-refractivity contribution in [2.24, 2.45) is 0 Å². The van der Waals surface area contributed by atoms with E-state index < -0.39 is 0 Å². The van der Waals surface area contributed by atoms with E-state index >= 15 is 0 Å². The smallest absolute Gasteiger partial charge is 0.258 e. The highest BCUT2D eigenvalue weighted by Gasteiger charge is 2.46. The summed E-state index contributed by atoms with van der Waals surface area (Å²) in [5.74, 6) is 0. The number of nitrogens with zero attached hydrogens (tertiary/aromatic N) is 4. The highest BCUT2D eigenvalue weighted by atomic mass is 15.2. The van der Waals surface area contributed by atoms with Crippen LogP contribution < -0.4 is 26.8 Å². The summed E-state index contributed by atoms with van der Waals surface area (Å²) in [6.45, 7) is 20.4. The Labute approximate surface area is 284 Å². The van der Waals surface area contributed by atoms with Crippen LogP contribution in [0.2, 0.25) is 0 Å². The van der Waals surface area contributed by atoms with Crippen molar-refractivity contribution < 1.29 is 0 Å². The first-order valence-corrected chi connectivity index (χ1v) is 17.3. The van der Waals surface area contributed by atoms with Crippen LogP contribution in [0, 0.1) is 6.92 Å². The summed E-state index contributed by atoms with van der Waals surface area (Å²) in [5, 5.41) is 7.08. The first kappa shape index (κ1) is 27.3. The lowest BCUT2D eigenvalue weighted by Crippen LogP contribution is -2.59. The van der Waals surface area contributed by atoms with Gasteiger partial charge in [0.1, 0.15) is 11.3 Å². The van der Waals surface area contributed by atoms with E-state index in [1.807, 2.05) is 0 Å². The first-order chi connectivity index (χ1) is 23.7. The van der Waals surface area contributed by atoms with Crippen LogP contribution in [-0.4, -0.2) is 24.6 Å². The Bertz CT molecular complexity index is 3150. The van der Waals surface area contributed by atoms with Gasteiger partial charge in [0.15, 0.2) is 0 Å². The first-order valence-electron chi connectivity index (χ1n) is 17.3. The van der Waals surface area contributed by atoms with Crippen molar-refractivity contribution in [2.75, 3.05) is 0 Å². The standard InChI is InChI=1S/C44H35BN4/c1-8-13-32-26(4)46-40-25(3)24(2)18-20-30(40)37-42(46)47(32)35-22-28(44(5,6)7)23-36-39(35)45(37)38-31-21-19-27-14-9-10-15-29(27)41(31)49-34-17-12-11-16-33(34)48(36)43(38)49/h8-23H,2-3H2,1,4-7H3/b13-8-. The maximum atomic E-state index is 4.63. The van der Waals surface area contributed by atoms with Crippen molar-refractivity contribution in [3.05, 3.63) is 118 Å². The van der Waals surface area contributed by atoms with Crippen LogP contribution in [0.1, 0.15) is 44.6 Å². The quantitative estimate of drug-likeness (QED) is 0.174. The largest absolute Gasteiger partial charge is 0.297 e. The Morgan fingerprint density at radius 3 is 2.08 bits per heavy atom. The Morgan fingerprint density at radius 2 is 1.33 bits per heavy atom. The summed E-state index contributed by atoms with van der Waals surface area (Å²) in [6, 6.07) is 32.0.